The van der Waals surface area contributed by atoms with Gasteiger partial charge in [0.1, 0.15) is 5.82 Å². The fourth-order valence-electron chi connectivity index (χ4n) is 3.23. The lowest BCUT2D eigenvalue weighted by Crippen LogP contribution is -2.30. The minimum atomic E-state index is -0.180. The Labute approximate surface area is 132 Å². The fourth-order valence-corrected chi connectivity index (χ4v) is 3.23. The van der Waals surface area contributed by atoms with Gasteiger partial charge in [-0.3, -0.25) is 0 Å². The highest BCUT2D eigenvalue weighted by Crippen LogP contribution is 2.30. The highest BCUT2D eigenvalue weighted by atomic mass is 16.3. The largest absolute Gasteiger partial charge is 0.393 e. The molecule has 0 aromatic carbocycles. The maximum atomic E-state index is 9.69. The molecule has 5 nitrogen and oxygen atoms in total. The van der Waals surface area contributed by atoms with Crippen LogP contribution in [0.25, 0.3) is 0 Å². The van der Waals surface area contributed by atoms with Crippen LogP contribution in [0.5, 0.6) is 0 Å². The number of nitrogens with one attached hydrogen (secondary N) is 2. The first kappa shape index (κ1) is 15.5. The molecule has 1 atom stereocenters. The maximum absolute atomic E-state index is 9.69. The van der Waals surface area contributed by atoms with E-state index in [0.29, 0.717) is 12.0 Å². The molecule has 0 bridgehead atoms. The van der Waals surface area contributed by atoms with Gasteiger partial charge in [0, 0.05) is 24.3 Å². The summed E-state index contributed by atoms with van der Waals surface area (Å²) in [6, 6.07) is 2.48. The average molecular weight is 304 g/mol. The van der Waals surface area contributed by atoms with Crippen LogP contribution in [0.1, 0.15) is 51.1 Å². The first-order valence-electron chi connectivity index (χ1n) is 8.64. The van der Waals surface area contributed by atoms with Crippen molar-refractivity contribution in [3.05, 3.63) is 11.8 Å². The van der Waals surface area contributed by atoms with Gasteiger partial charge >= 0.3 is 0 Å². The summed E-state index contributed by atoms with van der Waals surface area (Å²) in [4.78, 5) is 9.07. The minimum absolute atomic E-state index is 0.180. The van der Waals surface area contributed by atoms with Gasteiger partial charge in [0.15, 0.2) is 0 Å². The third-order valence-corrected chi connectivity index (χ3v) is 4.91. The van der Waals surface area contributed by atoms with Crippen molar-refractivity contribution < 1.29 is 5.11 Å². The molecule has 3 N–H and O–H groups in total. The molecule has 2 aliphatic rings. The van der Waals surface area contributed by atoms with Crippen LogP contribution in [0.4, 0.5) is 11.8 Å². The van der Waals surface area contributed by atoms with E-state index in [-0.39, 0.29) is 6.10 Å². The summed E-state index contributed by atoms with van der Waals surface area (Å²) in [6.45, 7) is 4.91. The normalized spacial score (nSPS) is 26.5. The van der Waals surface area contributed by atoms with Crippen LogP contribution in [0.15, 0.2) is 6.07 Å². The van der Waals surface area contributed by atoms with Crippen molar-refractivity contribution >= 4 is 11.8 Å². The maximum Gasteiger partial charge on any atom is 0.224 e. The molecular weight excluding hydrogens is 276 g/mol. The van der Waals surface area contributed by atoms with Gasteiger partial charge in [-0.05, 0) is 64.2 Å². The first-order valence-corrected chi connectivity index (χ1v) is 8.64. The SMILES string of the molecule is Cc1cc(NC2CCC(C(C)O)CC2)nc(NCC2CC2)n1. The molecule has 3 rings (SSSR count). The summed E-state index contributed by atoms with van der Waals surface area (Å²) in [7, 11) is 0. The van der Waals surface area contributed by atoms with Crippen LogP contribution < -0.4 is 10.6 Å². The molecule has 1 aromatic rings. The number of anilines is 2. The lowest BCUT2D eigenvalue weighted by molar-refractivity contribution is 0.0987. The van der Waals surface area contributed by atoms with Crippen molar-refractivity contribution in [1.82, 2.24) is 9.97 Å². The second kappa shape index (κ2) is 6.82. The smallest absolute Gasteiger partial charge is 0.224 e. The number of hydrogen-bond acceptors (Lipinski definition) is 5. The van der Waals surface area contributed by atoms with Crippen LogP contribution in [-0.4, -0.2) is 33.8 Å². The molecule has 1 aromatic heterocycles. The second-order valence-electron chi connectivity index (χ2n) is 7.04. The number of aliphatic hydroxyl groups excluding tert-OH is 1. The third-order valence-electron chi connectivity index (χ3n) is 4.91. The van der Waals surface area contributed by atoms with E-state index in [1.807, 2.05) is 19.9 Å². The third kappa shape index (κ3) is 4.32. The number of nitrogens with zero attached hydrogens (tertiary/aromatic N) is 2. The molecular formula is C17H28N4O. The monoisotopic (exact) mass is 304 g/mol. The Hall–Kier alpha value is -1.36. The number of aromatic nitrogens is 2. The van der Waals surface area contributed by atoms with Gasteiger partial charge in [-0.15, -0.1) is 0 Å². The highest BCUT2D eigenvalue weighted by Gasteiger charge is 2.24. The molecule has 0 aliphatic heterocycles. The zero-order valence-corrected chi connectivity index (χ0v) is 13.7. The lowest BCUT2D eigenvalue weighted by Gasteiger charge is -2.31. The van der Waals surface area contributed by atoms with Gasteiger partial charge in [-0.25, -0.2) is 4.98 Å². The highest BCUT2D eigenvalue weighted by molar-refractivity contribution is 5.43. The summed E-state index contributed by atoms with van der Waals surface area (Å²) < 4.78 is 0. The van der Waals surface area contributed by atoms with E-state index in [2.05, 4.69) is 20.6 Å². The molecule has 2 fully saturated rings. The van der Waals surface area contributed by atoms with Crippen molar-refractivity contribution in [2.24, 2.45) is 11.8 Å². The van der Waals surface area contributed by atoms with E-state index in [1.54, 1.807) is 0 Å². The predicted octanol–water partition coefficient (Wildman–Crippen LogP) is 2.96. The van der Waals surface area contributed by atoms with Gasteiger partial charge in [0.05, 0.1) is 6.10 Å². The summed E-state index contributed by atoms with van der Waals surface area (Å²) in [5.41, 5.74) is 0.994. The van der Waals surface area contributed by atoms with Crippen molar-refractivity contribution in [2.45, 2.75) is 64.5 Å². The van der Waals surface area contributed by atoms with Crippen LogP contribution in [0.3, 0.4) is 0 Å². The summed E-state index contributed by atoms with van der Waals surface area (Å²) in [6.07, 6.45) is 6.86. The van der Waals surface area contributed by atoms with Gasteiger partial charge < -0.3 is 15.7 Å². The van der Waals surface area contributed by atoms with E-state index in [1.165, 1.54) is 12.8 Å². The molecule has 22 heavy (non-hydrogen) atoms. The van der Waals surface area contributed by atoms with Crippen LogP contribution in [0, 0.1) is 18.8 Å². The Kier molecular flexibility index (Phi) is 4.81. The number of rotatable bonds is 6. The molecule has 0 spiro atoms. The Morgan fingerprint density at radius 1 is 1.18 bits per heavy atom. The average Bonchev–Trinajstić information content (AvgIpc) is 3.29. The molecule has 0 radical (unpaired) electrons. The van der Waals surface area contributed by atoms with E-state index >= 15 is 0 Å². The van der Waals surface area contributed by atoms with Crippen molar-refractivity contribution in [1.29, 1.82) is 0 Å². The van der Waals surface area contributed by atoms with Crippen LogP contribution in [0.2, 0.25) is 0 Å². The van der Waals surface area contributed by atoms with E-state index < -0.39 is 0 Å². The summed E-state index contributed by atoms with van der Waals surface area (Å²) in [5, 5.41) is 16.6. The molecule has 1 unspecified atom stereocenters. The van der Waals surface area contributed by atoms with Gasteiger partial charge in [-0.2, -0.15) is 4.98 Å². The molecule has 0 amide bonds. The molecule has 5 heteroatoms. The summed E-state index contributed by atoms with van der Waals surface area (Å²) >= 11 is 0. The first-order chi connectivity index (χ1) is 10.6. The summed E-state index contributed by atoms with van der Waals surface area (Å²) in [5.74, 6) is 2.94. The van der Waals surface area contributed by atoms with Gasteiger partial charge in [-0.1, -0.05) is 0 Å². The molecule has 1 heterocycles. The molecule has 0 saturated heterocycles. The Bertz CT molecular complexity index is 493. The topological polar surface area (TPSA) is 70.1 Å². The zero-order chi connectivity index (χ0) is 15.5. The van der Waals surface area contributed by atoms with Crippen LogP contribution in [-0.2, 0) is 0 Å². The Morgan fingerprint density at radius 3 is 2.55 bits per heavy atom. The van der Waals surface area contributed by atoms with Gasteiger partial charge in [0.2, 0.25) is 5.95 Å². The minimum Gasteiger partial charge on any atom is -0.393 e. The molecule has 2 aliphatic carbocycles. The van der Waals surface area contributed by atoms with Crippen molar-refractivity contribution in [3.8, 4) is 0 Å². The van der Waals surface area contributed by atoms with E-state index in [9.17, 15) is 5.11 Å². The van der Waals surface area contributed by atoms with Gasteiger partial charge in [0.25, 0.3) is 0 Å². The Morgan fingerprint density at radius 2 is 1.91 bits per heavy atom. The number of aryl methyl sites for hydroxylation is 1. The van der Waals surface area contributed by atoms with E-state index in [4.69, 9.17) is 0 Å². The van der Waals surface area contributed by atoms with Crippen LogP contribution >= 0.6 is 0 Å². The molecule has 2 saturated carbocycles. The second-order valence-corrected chi connectivity index (χ2v) is 7.04. The van der Waals surface area contributed by atoms with Crippen molar-refractivity contribution in [2.75, 3.05) is 17.2 Å². The fraction of sp³-hybridized carbons (Fsp3) is 0.765. The number of hydrogen-bond donors (Lipinski definition) is 3. The molecule has 122 valence electrons. The standard InChI is InChI=1S/C17H28N4O/c1-11-9-16(21-17(19-11)18-10-13-3-4-13)20-15-7-5-14(6-8-15)12(2)22/h9,12-15,22H,3-8,10H2,1-2H3,(H2,18,19,20,21). The predicted molar refractivity (Wildman–Crippen MR) is 89.0 cm³/mol. The quantitative estimate of drug-likeness (QED) is 0.754. The Balaban J connectivity index is 1.55. The lowest BCUT2D eigenvalue weighted by atomic mass is 9.83. The van der Waals surface area contributed by atoms with Crippen molar-refractivity contribution in [3.63, 3.8) is 0 Å². The number of aliphatic hydroxyl groups is 1. The van der Waals surface area contributed by atoms with E-state index in [0.717, 1.165) is 55.6 Å². The zero-order valence-electron chi connectivity index (χ0n) is 13.7.